The van der Waals surface area contributed by atoms with Crippen LogP contribution in [0.5, 0.6) is 5.75 Å². The molecule has 0 saturated carbocycles. The number of thiophene rings is 1. The highest BCUT2D eigenvalue weighted by Gasteiger charge is 2.26. The summed E-state index contributed by atoms with van der Waals surface area (Å²) in [5, 5.41) is 11.4. The molecule has 2 aromatic carbocycles. The molecule has 44 heavy (non-hydrogen) atoms. The highest BCUT2D eigenvalue weighted by Crippen LogP contribution is 2.38. The second kappa shape index (κ2) is 11.7. The van der Waals surface area contributed by atoms with E-state index in [2.05, 4.69) is 4.98 Å². The van der Waals surface area contributed by atoms with E-state index in [1.165, 1.54) is 30.5 Å². The van der Waals surface area contributed by atoms with Crippen molar-refractivity contribution in [2.24, 2.45) is 0 Å². The summed E-state index contributed by atoms with van der Waals surface area (Å²) in [5.74, 6) is -1.26. The van der Waals surface area contributed by atoms with E-state index in [-0.39, 0.29) is 39.9 Å². The van der Waals surface area contributed by atoms with Crippen molar-refractivity contribution in [3.63, 3.8) is 0 Å². The van der Waals surface area contributed by atoms with Gasteiger partial charge in [-0.05, 0) is 61.6 Å². The van der Waals surface area contributed by atoms with Gasteiger partial charge in [0.2, 0.25) is 0 Å². The average molecular weight is 622 g/mol. The van der Waals surface area contributed by atoms with Crippen molar-refractivity contribution in [2.45, 2.75) is 19.2 Å². The number of rotatable bonds is 9. The van der Waals surface area contributed by atoms with E-state index in [0.29, 0.717) is 35.0 Å². The van der Waals surface area contributed by atoms with Gasteiger partial charge in [-0.1, -0.05) is 6.07 Å². The van der Waals surface area contributed by atoms with Gasteiger partial charge in [0.1, 0.15) is 34.1 Å². The minimum Gasteiger partial charge on any atom is -0.484 e. The number of nitrogens with zero attached hydrogens (tertiary/aromatic N) is 5. The molecule has 0 unspecified atom stereocenters. The molecule has 0 amide bonds. The predicted molar refractivity (Wildman–Crippen MR) is 160 cm³/mol. The van der Waals surface area contributed by atoms with Gasteiger partial charge in [0.15, 0.2) is 0 Å². The van der Waals surface area contributed by atoms with E-state index in [0.717, 1.165) is 32.6 Å². The molecule has 5 aromatic rings. The summed E-state index contributed by atoms with van der Waals surface area (Å²) in [6.07, 6.45) is 1.27. The van der Waals surface area contributed by atoms with Gasteiger partial charge in [-0.25, -0.2) is 23.1 Å². The molecule has 1 aliphatic heterocycles. The monoisotopic (exact) mass is 621 g/mol. The van der Waals surface area contributed by atoms with Crippen molar-refractivity contribution in [1.82, 2.24) is 19.0 Å². The number of aromatic nitrogens is 3. The second-order valence-electron chi connectivity index (χ2n) is 10.5. The van der Waals surface area contributed by atoms with Crippen molar-refractivity contribution in [3.8, 4) is 22.0 Å². The van der Waals surface area contributed by atoms with Crippen LogP contribution in [0, 0.1) is 21.7 Å². The molecule has 6 rings (SSSR count). The Morgan fingerprint density at radius 1 is 1.07 bits per heavy atom. The molecule has 0 atom stereocenters. The minimum absolute atomic E-state index is 0.000698. The molecule has 11 nitrogen and oxygen atoms in total. The molecule has 4 heterocycles. The second-order valence-corrected chi connectivity index (χ2v) is 11.5. The standard InChI is InChI=1S/C30H25F2N5O6S/c1-34(2)13-22-26-28(38)36(25-11-10-19(12-33-25)43-20-15-42-16-20)30(39)35(14-21-23(31)4-3-5-24(21)32)29(26)44-27(22)17-6-8-18(9-7-17)37(40)41/h3-12,20H,13-16H2,1-2H3. The molecule has 0 bridgehead atoms. The fourth-order valence-electron chi connectivity index (χ4n) is 4.94. The highest BCUT2D eigenvalue weighted by molar-refractivity contribution is 7.22. The molecular weight excluding hydrogens is 596 g/mol. The van der Waals surface area contributed by atoms with Gasteiger partial charge in [-0.15, -0.1) is 11.3 Å². The Morgan fingerprint density at radius 3 is 2.34 bits per heavy atom. The van der Waals surface area contributed by atoms with Crippen LogP contribution in [0.3, 0.4) is 0 Å². The number of nitro benzene ring substituents is 1. The van der Waals surface area contributed by atoms with Crippen molar-refractivity contribution >= 4 is 27.2 Å². The number of hydrogen-bond acceptors (Lipinski definition) is 9. The Labute approximate surface area is 252 Å². The van der Waals surface area contributed by atoms with Crippen LogP contribution < -0.4 is 16.0 Å². The van der Waals surface area contributed by atoms with Gasteiger partial charge < -0.3 is 14.4 Å². The van der Waals surface area contributed by atoms with Crippen molar-refractivity contribution in [2.75, 3.05) is 27.3 Å². The lowest BCUT2D eigenvalue weighted by Gasteiger charge is -2.26. The number of non-ortho nitro benzene ring substituents is 1. The first kappa shape index (κ1) is 29.3. The predicted octanol–water partition coefficient (Wildman–Crippen LogP) is 4.35. The minimum atomic E-state index is -0.844. The number of ether oxygens (including phenoxy) is 2. The molecule has 14 heteroatoms. The van der Waals surface area contributed by atoms with Gasteiger partial charge >= 0.3 is 5.69 Å². The SMILES string of the molecule is CN(C)Cc1c(-c2ccc([N+](=O)[O-])cc2)sc2c1c(=O)n(-c1ccc(OC3COC3)cn1)c(=O)n2Cc1c(F)cccc1F. The van der Waals surface area contributed by atoms with Crippen LogP contribution in [0.25, 0.3) is 26.5 Å². The number of halogens is 2. The van der Waals surface area contributed by atoms with Crippen LogP contribution in [-0.2, 0) is 17.8 Å². The smallest absolute Gasteiger partial charge is 0.338 e. The van der Waals surface area contributed by atoms with E-state index >= 15 is 0 Å². The summed E-state index contributed by atoms with van der Waals surface area (Å²) in [6.45, 7) is 0.647. The number of pyridine rings is 1. The number of fused-ring (bicyclic) bond motifs is 1. The van der Waals surface area contributed by atoms with Crippen LogP contribution in [0.15, 0.2) is 70.4 Å². The summed E-state index contributed by atoms with van der Waals surface area (Å²) in [6, 6.07) is 12.3. The average Bonchev–Trinajstić information content (AvgIpc) is 3.33. The van der Waals surface area contributed by atoms with Crippen LogP contribution >= 0.6 is 11.3 Å². The molecule has 0 aliphatic carbocycles. The normalized spacial score (nSPS) is 13.4. The maximum absolute atomic E-state index is 14.9. The Balaban J connectivity index is 1.61. The summed E-state index contributed by atoms with van der Waals surface area (Å²) < 4.78 is 42.6. The van der Waals surface area contributed by atoms with Gasteiger partial charge in [-0.2, -0.15) is 0 Å². The summed E-state index contributed by atoms with van der Waals surface area (Å²) in [5.41, 5.74) is -0.830. The maximum Gasteiger partial charge on any atom is 0.338 e. The third kappa shape index (κ3) is 5.38. The van der Waals surface area contributed by atoms with E-state index in [1.807, 2.05) is 4.90 Å². The van der Waals surface area contributed by atoms with Gasteiger partial charge in [0.05, 0.1) is 36.3 Å². The van der Waals surface area contributed by atoms with E-state index in [4.69, 9.17) is 9.47 Å². The zero-order valence-electron chi connectivity index (χ0n) is 23.5. The first-order chi connectivity index (χ1) is 21.1. The number of benzene rings is 2. The molecule has 0 N–H and O–H groups in total. The lowest BCUT2D eigenvalue weighted by atomic mass is 10.1. The summed E-state index contributed by atoms with van der Waals surface area (Å²) in [7, 11) is 3.61. The van der Waals surface area contributed by atoms with Crippen molar-refractivity contribution in [3.05, 3.63) is 115 Å². The third-order valence-electron chi connectivity index (χ3n) is 7.13. The van der Waals surface area contributed by atoms with Gasteiger partial charge in [0, 0.05) is 29.1 Å². The Morgan fingerprint density at radius 2 is 1.77 bits per heavy atom. The van der Waals surface area contributed by atoms with Crippen molar-refractivity contribution in [1.29, 1.82) is 0 Å². The molecular formula is C30H25F2N5O6S. The first-order valence-electron chi connectivity index (χ1n) is 13.5. The van der Waals surface area contributed by atoms with Crippen LogP contribution in [-0.4, -0.2) is 57.4 Å². The molecule has 0 radical (unpaired) electrons. The van der Waals surface area contributed by atoms with Gasteiger partial charge in [-0.3, -0.25) is 19.5 Å². The van der Waals surface area contributed by atoms with Crippen LogP contribution in [0.2, 0.25) is 0 Å². The fraction of sp³-hybridized carbons (Fsp3) is 0.233. The number of nitro groups is 1. The lowest BCUT2D eigenvalue weighted by Crippen LogP contribution is -2.40. The highest BCUT2D eigenvalue weighted by atomic mass is 32.1. The third-order valence-corrected chi connectivity index (χ3v) is 8.43. The molecule has 3 aromatic heterocycles. The quantitative estimate of drug-likeness (QED) is 0.176. The topological polar surface area (TPSA) is 122 Å². The molecule has 0 spiro atoms. The Hall–Kier alpha value is -4.79. The fourth-order valence-corrected chi connectivity index (χ4v) is 6.24. The zero-order valence-corrected chi connectivity index (χ0v) is 24.3. The van der Waals surface area contributed by atoms with Crippen molar-refractivity contribution < 1.29 is 23.2 Å². The molecule has 226 valence electrons. The van der Waals surface area contributed by atoms with E-state index < -0.39 is 34.4 Å². The largest absolute Gasteiger partial charge is 0.484 e. The molecule has 1 aliphatic rings. The van der Waals surface area contributed by atoms with Crippen LogP contribution in [0.4, 0.5) is 14.5 Å². The van der Waals surface area contributed by atoms with Gasteiger partial charge in [0.25, 0.3) is 11.2 Å². The summed E-state index contributed by atoms with van der Waals surface area (Å²) >= 11 is 1.10. The van der Waals surface area contributed by atoms with Crippen LogP contribution in [0.1, 0.15) is 11.1 Å². The number of hydrogen-bond donors (Lipinski definition) is 0. The molecule has 1 saturated heterocycles. The Bertz CT molecular complexity index is 1980. The van der Waals surface area contributed by atoms with E-state index in [1.54, 1.807) is 32.3 Å². The Kier molecular flexibility index (Phi) is 7.80. The van der Waals surface area contributed by atoms with E-state index in [9.17, 15) is 28.5 Å². The maximum atomic E-state index is 14.9. The molecule has 1 fully saturated rings. The lowest BCUT2D eigenvalue weighted by molar-refractivity contribution is -0.384. The summed E-state index contributed by atoms with van der Waals surface area (Å²) in [4.78, 5) is 46.0. The first-order valence-corrected chi connectivity index (χ1v) is 14.3. The zero-order chi connectivity index (χ0) is 31.1.